The zero-order chi connectivity index (χ0) is 10.1. The van der Waals surface area contributed by atoms with Gasteiger partial charge < -0.3 is 10.0 Å². The summed E-state index contributed by atoms with van der Waals surface area (Å²) in [5, 5.41) is 13.4. The van der Waals surface area contributed by atoms with Crippen molar-refractivity contribution in [2.24, 2.45) is 11.1 Å². The van der Waals surface area contributed by atoms with Crippen LogP contribution >= 0.6 is 0 Å². The maximum atomic E-state index is 10.7. The number of sulfonamides is 1. The Bertz CT molecular complexity index is 300. The Kier molecular flexibility index (Phi) is 2.77. The van der Waals surface area contributed by atoms with Crippen molar-refractivity contribution in [3.63, 3.8) is 0 Å². The van der Waals surface area contributed by atoms with Gasteiger partial charge >= 0.3 is 6.09 Å². The highest BCUT2D eigenvalue weighted by atomic mass is 32.2. The van der Waals surface area contributed by atoms with Crippen LogP contribution in [0.4, 0.5) is 4.79 Å². The van der Waals surface area contributed by atoms with Crippen LogP contribution in [0.3, 0.4) is 0 Å². The zero-order valence-electron chi connectivity index (χ0n) is 7.01. The van der Waals surface area contributed by atoms with Crippen LogP contribution in [-0.4, -0.2) is 43.4 Å². The van der Waals surface area contributed by atoms with Crippen molar-refractivity contribution in [3.05, 3.63) is 0 Å². The monoisotopic (exact) mass is 208 g/mol. The molecule has 76 valence electrons. The standard InChI is InChI=1S/C6H12N2O4S/c7-13(11,12)4-5-1-2-8(3-5)6(9)10/h5H,1-4H2,(H,9,10)(H2,7,11,12). The minimum atomic E-state index is -3.48. The summed E-state index contributed by atoms with van der Waals surface area (Å²) in [6.45, 7) is 0.668. The number of nitrogens with two attached hydrogens (primary N) is 1. The third-order valence-electron chi connectivity index (χ3n) is 2.02. The van der Waals surface area contributed by atoms with E-state index < -0.39 is 16.1 Å². The first kappa shape index (κ1) is 10.3. The Labute approximate surface area is 76.4 Å². The van der Waals surface area contributed by atoms with Crippen molar-refractivity contribution < 1.29 is 18.3 Å². The molecule has 3 N–H and O–H groups in total. The molecule has 13 heavy (non-hydrogen) atoms. The van der Waals surface area contributed by atoms with E-state index in [9.17, 15) is 13.2 Å². The van der Waals surface area contributed by atoms with Crippen LogP contribution < -0.4 is 5.14 Å². The van der Waals surface area contributed by atoms with Crippen molar-refractivity contribution in [2.45, 2.75) is 6.42 Å². The lowest BCUT2D eigenvalue weighted by molar-refractivity contribution is 0.154. The van der Waals surface area contributed by atoms with E-state index in [1.165, 1.54) is 4.90 Å². The number of hydrogen-bond donors (Lipinski definition) is 2. The summed E-state index contributed by atoms with van der Waals surface area (Å²) < 4.78 is 21.4. The van der Waals surface area contributed by atoms with Gasteiger partial charge in [-0.15, -0.1) is 0 Å². The van der Waals surface area contributed by atoms with E-state index in [1.807, 2.05) is 0 Å². The van der Waals surface area contributed by atoms with Crippen LogP contribution in [0.5, 0.6) is 0 Å². The van der Waals surface area contributed by atoms with E-state index in [0.717, 1.165) is 0 Å². The van der Waals surface area contributed by atoms with Crippen LogP contribution in [0.15, 0.2) is 0 Å². The van der Waals surface area contributed by atoms with E-state index in [-0.39, 0.29) is 18.2 Å². The number of nitrogens with zero attached hydrogens (tertiary/aromatic N) is 1. The smallest absolute Gasteiger partial charge is 0.407 e. The zero-order valence-corrected chi connectivity index (χ0v) is 7.83. The lowest BCUT2D eigenvalue weighted by atomic mass is 10.2. The van der Waals surface area contributed by atoms with Gasteiger partial charge in [-0.25, -0.2) is 18.4 Å². The van der Waals surface area contributed by atoms with Crippen molar-refractivity contribution in [1.82, 2.24) is 4.90 Å². The molecule has 1 aliphatic rings. The van der Waals surface area contributed by atoms with E-state index in [4.69, 9.17) is 10.2 Å². The van der Waals surface area contributed by atoms with Crippen molar-refractivity contribution >= 4 is 16.1 Å². The Morgan fingerprint density at radius 2 is 2.23 bits per heavy atom. The SMILES string of the molecule is NS(=O)(=O)CC1CCN(C(=O)O)C1. The lowest BCUT2D eigenvalue weighted by Gasteiger charge is -2.10. The molecule has 1 fully saturated rings. The predicted octanol–water partition coefficient (Wildman–Crippen LogP) is -0.725. The Morgan fingerprint density at radius 1 is 1.62 bits per heavy atom. The van der Waals surface area contributed by atoms with Crippen molar-refractivity contribution in [3.8, 4) is 0 Å². The second kappa shape index (κ2) is 3.51. The maximum Gasteiger partial charge on any atom is 0.407 e. The number of carboxylic acid groups (broad SMARTS) is 1. The Hall–Kier alpha value is -0.820. The third kappa shape index (κ3) is 3.19. The summed E-state index contributed by atoms with van der Waals surface area (Å²) >= 11 is 0. The minimum Gasteiger partial charge on any atom is -0.465 e. The maximum absolute atomic E-state index is 10.7. The Morgan fingerprint density at radius 3 is 2.62 bits per heavy atom. The van der Waals surface area contributed by atoms with Gasteiger partial charge in [0.25, 0.3) is 0 Å². The average molecular weight is 208 g/mol. The van der Waals surface area contributed by atoms with E-state index in [2.05, 4.69) is 0 Å². The second-order valence-corrected chi connectivity index (χ2v) is 4.87. The van der Waals surface area contributed by atoms with Gasteiger partial charge in [-0.05, 0) is 12.3 Å². The molecular weight excluding hydrogens is 196 g/mol. The molecule has 1 aliphatic heterocycles. The summed E-state index contributed by atoms with van der Waals surface area (Å²) in [4.78, 5) is 11.7. The van der Waals surface area contributed by atoms with Crippen molar-refractivity contribution in [1.29, 1.82) is 0 Å². The number of carbonyl (C=O) groups is 1. The topological polar surface area (TPSA) is 101 Å². The second-order valence-electron chi connectivity index (χ2n) is 3.21. The molecule has 1 unspecified atom stereocenters. The number of hydrogen-bond acceptors (Lipinski definition) is 3. The molecule has 1 saturated heterocycles. The molecule has 1 heterocycles. The van der Waals surface area contributed by atoms with Crippen LogP contribution in [0.1, 0.15) is 6.42 Å². The van der Waals surface area contributed by atoms with Gasteiger partial charge in [0.2, 0.25) is 10.0 Å². The van der Waals surface area contributed by atoms with Crippen LogP contribution in [-0.2, 0) is 10.0 Å². The molecule has 0 aromatic carbocycles. The van der Waals surface area contributed by atoms with Gasteiger partial charge in [0.05, 0.1) is 5.75 Å². The molecule has 0 spiro atoms. The summed E-state index contributed by atoms with van der Waals surface area (Å²) in [5.41, 5.74) is 0. The van der Waals surface area contributed by atoms with Gasteiger partial charge in [-0.2, -0.15) is 0 Å². The fraction of sp³-hybridized carbons (Fsp3) is 0.833. The molecule has 0 radical (unpaired) electrons. The first-order valence-corrected chi connectivity index (χ1v) is 5.58. The quantitative estimate of drug-likeness (QED) is 0.625. The van der Waals surface area contributed by atoms with Gasteiger partial charge in [0, 0.05) is 13.1 Å². The number of amides is 1. The molecule has 6 nitrogen and oxygen atoms in total. The van der Waals surface area contributed by atoms with Gasteiger partial charge in [-0.3, -0.25) is 0 Å². The number of likely N-dealkylation sites (tertiary alicyclic amines) is 1. The van der Waals surface area contributed by atoms with E-state index in [1.54, 1.807) is 0 Å². The van der Waals surface area contributed by atoms with Crippen LogP contribution in [0.25, 0.3) is 0 Å². The molecule has 7 heteroatoms. The third-order valence-corrected chi connectivity index (χ3v) is 2.96. The molecule has 0 aromatic rings. The first-order chi connectivity index (χ1) is 5.88. The molecule has 0 saturated carbocycles. The molecule has 0 aliphatic carbocycles. The minimum absolute atomic E-state index is 0.128. The first-order valence-electron chi connectivity index (χ1n) is 3.87. The molecule has 1 amide bonds. The predicted molar refractivity (Wildman–Crippen MR) is 45.7 cm³/mol. The fourth-order valence-electron chi connectivity index (χ4n) is 1.47. The summed E-state index contributed by atoms with van der Waals surface area (Å²) in [6.07, 6.45) is -0.431. The molecule has 1 rings (SSSR count). The van der Waals surface area contributed by atoms with Gasteiger partial charge in [0.15, 0.2) is 0 Å². The number of rotatable bonds is 2. The van der Waals surface area contributed by atoms with Crippen LogP contribution in [0.2, 0.25) is 0 Å². The lowest BCUT2D eigenvalue weighted by Crippen LogP contribution is -2.29. The highest BCUT2D eigenvalue weighted by Crippen LogP contribution is 2.16. The molecule has 0 aromatic heterocycles. The Balaban J connectivity index is 2.47. The molecular formula is C6H12N2O4S. The van der Waals surface area contributed by atoms with E-state index >= 15 is 0 Å². The van der Waals surface area contributed by atoms with Crippen LogP contribution in [0, 0.1) is 5.92 Å². The van der Waals surface area contributed by atoms with Crippen molar-refractivity contribution in [2.75, 3.05) is 18.8 Å². The highest BCUT2D eigenvalue weighted by molar-refractivity contribution is 7.89. The summed E-state index contributed by atoms with van der Waals surface area (Å²) in [7, 11) is -3.48. The number of primary sulfonamides is 1. The normalized spacial score (nSPS) is 23.5. The summed E-state index contributed by atoms with van der Waals surface area (Å²) in [5.74, 6) is -0.275. The molecule has 1 atom stereocenters. The fourth-order valence-corrected chi connectivity index (χ4v) is 2.40. The van der Waals surface area contributed by atoms with E-state index in [0.29, 0.717) is 13.0 Å². The molecule has 0 bridgehead atoms. The largest absolute Gasteiger partial charge is 0.465 e. The summed E-state index contributed by atoms with van der Waals surface area (Å²) in [6, 6.07) is 0. The van der Waals surface area contributed by atoms with Gasteiger partial charge in [0.1, 0.15) is 0 Å². The van der Waals surface area contributed by atoms with Gasteiger partial charge in [-0.1, -0.05) is 0 Å². The highest BCUT2D eigenvalue weighted by Gasteiger charge is 2.28. The average Bonchev–Trinajstić information content (AvgIpc) is 2.31.